The lowest BCUT2D eigenvalue weighted by Crippen LogP contribution is -2.19. The molecular formula is C22H24N4O3S. The first-order chi connectivity index (χ1) is 14.5. The first-order valence-electron chi connectivity index (χ1n) is 9.83. The van der Waals surface area contributed by atoms with Crippen molar-refractivity contribution in [3.05, 3.63) is 60.2 Å². The van der Waals surface area contributed by atoms with E-state index in [9.17, 15) is 8.42 Å². The number of ether oxygens (including phenoxy) is 1. The van der Waals surface area contributed by atoms with Gasteiger partial charge in [0.05, 0.1) is 17.7 Å². The number of aryl methyl sites for hydroxylation is 1. The van der Waals surface area contributed by atoms with Crippen LogP contribution in [0.15, 0.2) is 59.5 Å². The lowest BCUT2D eigenvalue weighted by Gasteiger charge is -2.15. The molecule has 1 aromatic heterocycles. The first kappa shape index (κ1) is 20.2. The second-order valence-electron chi connectivity index (χ2n) is 7.29. The second-order valence-corrected chi connectivity index (χ2v) is 8.97. The predicted octanol–water partition coefficient (Wildman–Crippen LogP) is 3.86. The van der Waals surface area contributed by atoms with Gasteiger partial charge in [-0.2, -0.15) is 0 Å². The van der Waals surface area contributed by atoms with E-state index in [0.29, 0.717) is 17.1 Å². The van der Waals surface area contributed by atoms with Crippen molar-refractivity contribution in [3.63, 3.8) is 0 Å². The van der Waals surface area contributed by atoms with E-state index in [1.807, 2.05) is 25.1 Å². The second kappa shape index (κ2) is 8.31. The average Bonchev–Trinajstić information content (AvgIpc) is 3.29. The summed E-state index contributed by atoms with van der Waals surface area (Å²) in [5.41, 5.74) is 2.70. The highest BCUT2D eigenvalue weighted by Gasteiger charge is 2.17. The van der Waals surface area contributed by atoms with Gasteiger partial charge in [0.1, 0.15) is 5.75 Å². The molecule has 156 valence electrons. The maximum absolute atomic E-state index is 12.8. The summed E-state index contributed by atoms with van der Waals surface area (Å²) < 4.78 is 33.5. The van der Waals surface area contributed by atoms with Crippen molar-refractivity contribution in [2.45, 2.75) is 24.7 Å². The maximum Gasteiger partial charge on any atom is 0.261 e. The quantitative estimate of drug-likeness (QED) is 0.647. The molecule has 3 aromatic rings. The Balaban J connectivity index is 1.55. The number of anilines is 2. The highest BCUT2D eigenvalue weighted by Crippen LogP contribution is 2.26. The Morgan fingerprint density at radius 3 is 2.47 bits per heavy atom. The van der Waals surface area contributed by atoms with Crippen molar-refractivity contribution in [3.8, 4) is 17.0 Å². The third kappa shape index (κ3) is 4.23. The summed E-state index contributed by atoms with van der Waals surface area (Å²) in [7, 11) is -2.17. The molecule has 2 aromatic carbocycles. The van der Waals surface area contributed by atoms with Crippen LogP contribution >= 0.6 is 0 Å². The summed E-state index contributed by atoms with van der Waals surface area (Å²) in [4.78, 5) is 2.40. The lowest BCUT2D eigenvalue weighted by molar-refractivity contribution is 0.411. The summed E-state index contributed by atoms with van der Waals surface area (Å²) in [5, 5.41) is 8.68. The number of nitrogens with zero attached hydrogens (tertiary/aromatic N) is 3. The van der Waals surface area contributed by atoms with Gasteiger partial charge in [-0.05, 0) is 67.8 Å². The Kier molecular flexibility index (Phi) is 5.59. The van der Waals surface area contributed by atoms with Crippen LogP contribution in [-0.2, 0) is 10.0 Å². The van der Waals surface area contributed by atoms with Crippen molar-refractivity contribution in [2.75, 3.05) is 29.8 Å². The molecule has 7 nitrogen and oxygen atoms in total. The molecule has 0 saturated carbocycles. The minimum Gasteiger partial charge on any atom is -0.496 e. The SMILES string of the molecule is COc1ccc(S(=O)(=O)Nc2cccc(-c3ccc(N4CCCC4)nn3)c2)cc1C. The molecule has 1 aliphatic rings. The topological polar surface area (TPSA) is 84.4 Å². The van der Waals surface area contributed by atoms with Gasteiger partial charge in [-0.1, -0.05) is 12.1 Å². The molecule has 1 N–H and O–H groups in total. The van der Waals surface area contributed by atoms with Crippen LogP contribution in [0.3, 0.4) is 0 Å². The molecule has 0 spiro atoms. The summed E-state index contributed by atoms with van der Waals surface area (Å²) >= 11 is 0. The monoisotopic (exact) mass is 424 g/mol. The molecule has 4 rings (SSSR count). The highest BCUT2D eigenvalue weighted by atomic mass is 32.2. The van der Waals surface area contributed by atoms with Crippen molar-refractivity contribution in [2.24, 2.45) is 0 Å². The summed E-state index contributed by atoms with van der Waals surface area (Å²) in [6.45, 7) is 3.83. The van der Waals surface area contributed by atoms with Crippen molar-refractivity contribution in [1.29, 1.82) is 0 Å². The van der Waals surface area contributed by atoms with Crippen LogP contribution in [0.1, 0.15) is 18.4 Å². The highest BCUT2D eigenvalue weighted by molar-refractivity contribution is 7.92. The average molecular weight is 425 g/mol. The van der Waals surface area contributed by atoms with Gasteiger partial charge in [0.15, 0.2) is 5.82 Å². The third-order valence-electron chi connectivity index (χ3n) is 5.17. The van der Waals surface area contributed by atoms with Crippen molar-refractivity contribution >= 4 is 21.5 Å². The minimum absolute atomic E-state index is 0.181. The molecule has 0 amide bonds. The van der Waals surface area contributed by atoms with Gasteiger partial charge in [0.25, 0.3) is 10.0 Å². The van der Waals surface area contributed by atoms with E-state index in [1.54, 1.807) is 37.4 Å². The molecule has 1 fully saturated rings. The lowest BCUT2D eigenvalue weighted by atomic mass is 10.1. The van der Waals surface area contributed by atoms with E-state index < -0.39 is 10.0 Å². The predicted molar refractivity (Wildman–Crippen MR) is 117 cm³/mol. The van der Waals surface area contributed by atoms with E-state index in [0.717, 1.165) is 30.0 Å². The van der Waals surface area contributed by atoms with Crippen LogP contribution in [-0.4, -0.2) is 38.8 Å². The molecule has 30 heavy (non-hydrogen) atoms. The summed E-state index contributed by atoms with van der Waals surface area (Å²) in [6, 6.07) is 15.8. The third-order valence-corrected chi connectivity index (χ3v) is 6.55. The largest absolute Gasteiger partial charge is 0.496 e. The fourth-order valence-corrected chi connectivity index (χ4v) is 4.70. The molecule has 0 unspecified atom stereocenters. The Morgan fingerprint density at radius 2 is 1.80 bits per heavy atom. The standard InChI is InChI=1S/C22H24N4O3S/c1-16-14-19(8-10-21(16)29-2)30(27,28)25-18-7-5-6-17(15-18)20-9-11-22(24-23-20)26-12-3-4-13-26/h5-11,14-15,25H,3-4,12-13H2,1-2H3. The number of benzene rings is 2. The van der Waals surface area contributed by atoms with Gasteiger partial charge >= 0.3 is 0 Å². The number of nitrogens with one attached hydrogen (secondary N) is 1. The zero-order valence-electron chi connectivity index (χ0n) is 17.0. The zero-order valence-corrected chi connectivity index (χ0v) is 17.8. The molecule has 0 atom stereocenters. The first-order valence-corrected chi connectivity index (χ1v) is 11.3. The molecular weight excluding hydrogens is 400 g/mol. The minimum atomic E-state index is -3.73. The van der Waals surface area contributed by atoms with Gasteiger partial charge in [-0.25, -0.2) is 8.42 Å². The molecule has 0 bridgehead atoms. The number of sulfonamides is 1. The molecule has 1 saturated heterocycles. The molecule has 0 radical (unpaired) electrons. The van der Waals surface area contributed by atoms with E-state index in [1.165, 1.54) is 18.9 Å². The van der Waals surface area contributed by atoms with Gasteiger partial charge in [-0.15, -0.1) is 10.2 Å². The summed E-state index contributed by atoms with van der Waals surface area (Å²) in [6.07, 6.45) is 2.36. The number of aromatic nitrogens is 2. The molecule has 2 heterocycles. The summed E-state index contributed by atoms with van der Waals surface area (Å²) in [5.74, 6) is 1.52. The maximum atomic E-state index is 12.8. The van der Waals surface area contributed by atoms with E-state index in [-0.39, 0.29) is 4.90 Å². The smallest absolute Gasteiger partial charge is 0.261 e. The van der Waals surface area contributed by atoms with Crippen LogP contribution in [0.4, 0.5) is 11.5 Å². The number of hydrogen-bond donors (Lipinski definition) is 1. The van der Waals surface area contributed by atoms with Crippen LogP contribution in [0.25, 0.3) is 11.3 Å². The van der Waals surface area contributed by atoms with Crippen molar-refractivity contribution < 1.29 is 13.2 Å². The Hall–Kier alpha value is -3.13. The molecule has 1 aliphatic heterocycles. The Morgan fingerprint density at radius 1 is 1.00 bits per heavy atom. The zero-order chi connectivity index (χ0) is 21.1. The van der Waals surface area contributed by atoms with E-state index in [4.69, 9.17) is 4.74 Å². The van der Waals surface area contributed by atoms with Crippen LogP contribution < -0.4 is 14.4 Å². The van der Waals surface area contributed by atoms with Gasteiger partial charge < -0.3 is 9.64 Å². The van der Waals surface area contributed by atoms with Gasteiger partial charge in [-0.3, -0.25) is 4.72 Å². The molecule has 8 heteroatoms. The number of hydrogen-bond acceptors (Lipinski definition) is 6. The van der Waals surface area contributed by atoms with Gasteiger partial charge in [0, 0.05) is 24.3 Å². The number of methoxy groups -OCH3 is 1. The van der Waals surface area contributed by atoms with E-state index >= 15 is 0 Å². The van der Waals surface area contributed by atoms with Crippen LogP contribution in [0.2, 0.25) is 0 Å². The van der Waals surface area contributed by atoms with Gasteiger partial charge in [0.2, 0.25) is 0 Å². The van der Waals surface area contributed by atoms with E-state index in [2.05, 4.69) is 19.8 Å². The van der Waals surface area contributed by atoms with Crippen LogP contribution in [0.5, 0.6) is 5.75 Å². The van der Waals surface area contributed by atoms with Crippen LogP contribution in [0, 0.1) is 6.92 Å². The normalized spacial score (nSPS) is 14.0. The van der Waals surface area contributed by atoms with Crippen molar-refractivity contribution in [1.82, 2.24) is 10.2 Å². The Bertz CT molecular complexity index is 1140. The fourth-order valence-electron chi connectivity index (χ4n) is 3.57. The molecule has 0 aliphatic carbocycles. The fraction of sp³-hybridized carbons (Fsp3) is 0.273. The Labute approximate surface area is 176 Å². The number of rotatable bonds is 6.